The number of carbonyl (C=O) groups is 1. The van der Waals surface area contributed by atoms with E-state index in [1.807, 2.05) is 13.8 Å². The minimum atomic E-state index is -0.787. The molecule has 0 saturated carbocycles. The van der Waals surface area contributed by atoms with Crippen LogP contribution in [-0.2, 0) is 4.79 Å². The van der Waals surface area contributed by atoms with Crippen molar-refractivity contribution < 1.29 is 9.90 Å². The standard InChI is InChI=1S/C9H20N2O2/c1-4-9(13,5-2)6-11-8(12)7(3)10/h7,13H,4-6,10H2,1-3H3,(H,11,12)/t7-/m0/s1. The lowest BCUT2D eigenvalue weighted by Gasteiger charge is -2.25. The fraction of sp³-hybridized carbons (Fsp3) is 0.889. The van der Waals surface area contributed by atoms with Gasteiger partial charge in [0.25, 0.3) is 0 Å². The molecule has 1 atom stereocenters. The van der Waals surface area contributed by atoms with Crippen molar-refractivity contribution in [3.63, 3.8) is 0 Å². The normalized spacial score (nSPS) is 13.9. The number of aliphatic hydroxyl groups is 1. The summed E-state index contributed by atoms with van der Waals surface area (Å²) in [4.78, 5) is 11.1. The highest BCUT2D eigenvalue weighted by Crippen LogP contribution is 2.12. The number of carbonyl (C=O) groups excluding carboxylic acids is 1. The Labute approximate surface area is 79.5 Å². The van der Waals surface area contributed by atoms with Gasteiger partial charge in [-0.25, -0.2) is 0 Å². The Hall–Kier alpha value is -0.610. The molecule has 0 bridgehead atoms. The summed E-state index contributed by atoms with van der Waals surface area (Å²) in [5.41, 5.74) is 4.57. The third kappa shape index (κ3) is 4.24. The summed E-state index contributed by atoms with van der Waals surface area (Å²) < 4.78 is 0. The zero-order chi connectivity index (χ0) is 10.5. The molecular formula is C9H20N2O2. The number of hydrogen-bond acceptors (Lipinski definition) is 3. The van der Waals surface area contributed by atoms with Gasteiger partial charge in [-0.05, 0) is 19.8 Å². The average Bonchev–Trinajstić information content (AvgIpc) is 2.13. The van der Waals surface area contributed by atoms with Crippen molar-refractivity contribution in [2.75, 3.05) is 6.54 Å². The molecule has 78 valence electrons. The van der Waals surface area contributed by atoms with Crippen LogP contribution in [0.4, 0.5) is 0 Å². The summed E-state index contributed by atoms with van der Waals surface area (Å²) in [5.74, 6) is -0.222. The molecule has 4 N–H and O–H groups in total. The van der Waals surface area contributed by atoms with E-state index >= 15 is 0 Å². The van der Waals surface area contributed by atoms with Crippen LogP contribution in [-0.4, -0.2) is 29.2 Å². The molecule has 0 aromatic rings. The molecule has 0 rings (SSSR count). The highest BCUT2D eigenvalue weighted by atomic mass is 16.3. The van der Waals surface area contributed by atoms with Gasteiger partial charge in [0.2, 0.25) is 5.91 Å². The topological polar surface area (TPSA) is 75.3 Å². The van der Waals surface area contributed by atoms with E-state index in [-0.39, 0.29) is 12.5 Å². The lowest BCUT2D eigenvalue weighted by molar-refractivity contribution is -0.123. The van der Waals surface area contributed by atoms with Crippen LogP contribution in [0.5, 0.6) is 0 Å². The van der Waals surface area contributed by atoms with Crippen molar-refractivity contribution in [1.29, 1.82) is 0 Å². The van der Waals surface area contributed by atoms with Gasteiger partial charge >= 0.3 is 0 Å². The highest BCUT2D eigenvalue weighted by Gasteiger charge is 2.23. The van der Waals surface area contributed by atoms with E-state index in [1.165, 1.54) is 0 Å². The quantitative estimate of drug-likeness (QED) is 0.568. The zero-order valence-electron chi connectivity index (χ0n) is 8.63. The SMILES string of the molecule is CCC(O)(CC)CNC(=O)[C@H](C)N. The molecule has 0 unspecified atom stereocenters. The predicted octanol–water partition coefficient (Wildman–Crippen LogP) is 0.000900. The van der Waals surface area contributed by atoms with Crippen molar-refractivity contribution in [2.24, 2.45) is 5.73 Å². The molecule has 1 amide bonds. The predicted molar refractivity (Wildman–Crippen MR) is 52.2 cm³/mol. The number of nitrogens with one attached hydrogen (secondary N) is 1. The Morgan fingerprint density at radius 1 is 1.54 bits per heavy atom. The van der Waals surface area contributed by atoms with Crippen LogP contribution in [0.15, 0.2) is 0 Å². The number of nitrogens with two attached hydrogens (primary N) is 1. The molecule has 4 nitrogen and oxygen atoms in total. The van der Waals surface area contributed by atoms with Gasteiger partial charge < -0.3 is 16.2 Å². The molecule has 0 saturated heterocycles. The van der Waals surface area contributed by atoms with Crippen LogP contribution in [0.1, 0.15) is 33.6 Å². The van der Waals surface area contributed by atoms with Crippen molar-refractivity contribution in [3.8, 4) is 0 Å². The van der Waals surface area contributed by atoms with Crippen LogP contribution in [0.2, 0.25) is 0 Å². The second-order valence-electron chi connectivity index (χ2n) is 3.44. The summed E-state index contributed by atoms with van der Waals surface area (Å²) in [5, 5.41) is 12.4. The first kappa shape index (κ1) is 12.4. The molecule has 0 aromatic heterocycles. The van der Waals surface area contributed by atoms with E-state index in [9.17, 15) is 9.90 Å². The number of rotatable bonds is 5. The third-order valence-electron chi connectivity index (χ3n) is 2.32. The smallest absolute Gasteiger partial charge is 0.236 e. The van der Waals surface area contributed by atoms with Crippen molar-refractivity contribution in [3.05, 3.63) is 0 Å². The first-order chi connectivity index (χ1) is 5.95. The van der Waals surface area contributed by atoms with Crippen molar-refractivity contribution >= 4 is 5.91 Å². The maximum absolute atomic E-state index is 11.1. The Balaban J connectivity index is 3.92. The lowest BCUT2D eigenvalue weighted by atomic mass is 9.97. The van der Waals surface area contributed by atoms with E-state index in [0.717, 1.165) is 0 Å². The van der Waals surface area contributed by atoms with Gasteiger partial charge in [0.1, 0.15) is 0 Å². The fourth-order valence-electron chi connectivity index (χ4n) is 0.913. The largest absolute Gasteiger partial charge is 0.388 e. The summed E-state index contributed by atoms with van der Waals surface area (Å²) in [7, 11) is 0. The van der Waals surface area contributed by atoms with Crippen molar-refractivity contribution in [2.45, 2.75) is 45.3 Å². The van der Waals surface area contributed by atoms with E-state index in [0.29, 0.717) is 12.8 Å². The third-order valence-corrected chi connectivity index (χ3v) is 2.32. The minimum absolute atomic E-state index is 0.222. The van der Waals surface area contributed by atoms with Crippen LogP contribution >= 0.6 is 0 Å². The van der Waals surface area contributed by atoms with Crippen LogP contribution < -0.4 is 11.1 Å². The van der Waals surface area contributed by atoms with Crippen LogP contribution in [0.3, 0.4) is 0 Å². The molecule has 0 radical (unpaired) electrons. The Morgan fingerprint density at radius 3 is 2.31 bits per heavy atom. The molecule has 4 heteroatoms. The molecule has 0 heterocycles. The second-order valence-corrected chi connectivity index (χ2v) is 3.44. The maximum atomic E-state index is 11.1. The highest BCUT2D eigenvalue weighted by molar-refractivity contribution is 5.80. The Morgan fingerprint density at radius 2 is 2.00 bits per heavy atom. The average molecular weight is 188 g/mol. The molecule has 0 aliphatic heterocycles. The first-order valence-electron chi connectivity index (χ1n) is 4.71. The summed E-state index contributed by atoms with van der Waals surface area (Å²) >= 11 is 0. The molecule has 0 spiro atoms. The van der Waals surface area contributed by atoms with Gasteiger partial charge in [-0.3, -0.25) is 4.79 Å². The van der Waals surface area contributed by atoms with Crippen LogP contribution in [0, 0.1) is 0 Å². The van der Waals surface area contributed by atoms with Crippen LogP contribution in [0.25, 0.3) is 0 Å². The summed E-state index contributed by atoms with van der Waals surface area (Å²) in [6.45, 7) is 5.68. The molecule has 0 aromatic carbocycles. The second kappa shape index (κ2) is 5.19. The fourth-order valence-corrected chi connectivity index (χ4v) is 0.913. The lowest BCUT2D eigenvalue weighted by Crippen LogP contribution is -2.46. The van der Waals surface area contributed by atoms with E-state index < -0.39 is 11.6 Å². The Bertz CT molecular complexity index is 165. The van der Waals surface area contributed by atoms with E-state index in [2.05, 4.69) is 5.32 Å². The molecule has 0 aliphatic rings. The number of amides is 1. The molecular weight excluding hydrogens is 168 g/mol. The zero-order valence-corrected chi connectivity index (χ0v) is 8.63. The maximum Gasteiger partial charge on any atom is 0.236 e. The monoisotopic (exact) mass is 188 g/mol. The van der Waals surface area contributed by atoms with Gasteiger partial charge in [-0.2, -0.15) is 0 Å². The summed E-state index contributed by atoms with van der Waals surface area (Å²) in [6.07, 6.45) is 1.26. The van der Waals surface area contributed by atoms with Gasteiger partial charge in [-0.1, -0.05) is 13.8 Å². The minimum Gasteiger partial charge on any atom is -0.388 e. The molecule has 0 fully saturated rings. The van der Waals surface area contributed by atoms with Gasteiger partial charge in [0.05, 0.1) is 11.6 Å². The number of hydrogen-bond donors (Lipinski definition) is 3. The van der Waals surface area contributed by atoms with Gasteiger partial charge in [-0.15, -0.1) is 0 Å². The first-order valence-corrected chi connectivity index (χ1v) is 4.71. The molecule has 13 heavy (non-hydrogen) atoms. The Kier molecular flexibility index (Phi) is 4.95. The van der Waals surface area contributed by atoms with Gasteiger partial charge in [0.15, 0.2) is 0 Å². The van der Waals surface area contributed by atoms with E-state index in [1.54, 1.807) is 6.92 Å². The molecule has 0 aliphatic carbocycles. The van der Waals surface area contributed by atoms with Crippen molar-refractivity contribution in [1.82, 2.24) is 5.32 Å². The summed E-state index contributed by atoms with van der Waals surface area (Å²) in [6, 6.07) is -0.516. The van der Waals surface area contributed by atoms with Gasteiger partial charge in [0, 0.05) is 6.54 Å². The van der Waals surface area contributed by atoms with E-state index in [4.69, 9.17) is 5.73 Å².